The van der Waals surface area contributed by atoms with Crippen LogP contribution in [-0.4, -0.2) is 12.6 Å². The Morgan fingerprint density at radius 2 is 1.79 bits per heavy atom. The smallest absolute Gasteiger partial charge is 0.309 e. The molecule has 0 N–H and O–H groups in total. The summed E-state index contributed by atoms with van der Waals surface area (Å²) in [4.78, 5) is 11.9. The van der Waals surface area contributed by atoms with Crippen LogP contribution in [0.5, 0.6) is 0 Å². The Balaban J connectivity index is 2.53. The van der Waals surface area contributed by atoms with Gasteiger partial charge in [0.05, 0.1) is 12.5 Å². The molecule has 2 heteroatoms. The molecule has 19 heavy (non-hydrogen) atoms. The predicted octanol–water partition coefficient (Wildman–Crippen LogP) is 4.88. The van der Waals surface area contributed by atoms with E-state index in [1.54, 1.807) is 0 Å². The lowest BCUT2D eigenvalue weighted by Crippen LogP contribution is -2.22. The summed E-state index contributed by atoms with van der Waals surface area (Å²) in [7, 11) is 0. The van der Waals surface area contributed by atoms with E-state index in [1.807, 2.05) is 13.8 Å². The highest BCUT2D eigenvalue weighted by molar-refractivity contribution is 5.72. The van der Waals surface area contributed by atoms with Crippen molar-refractivity contribution in [1.82, 2.24) is 0 Å². The van der Waals surface area contributed by atoms with Gasteiger partial charge in [0.2, 0.25) is 0 Å². The second kappa shape index (κ2) is 10.1. The van der Waals surface area contributed by atoms with Crippen LogP contribution in [-0.2, 0) is 9.53 Å². The topological polar surface area (TPSA) is 26.3 Å². The molecule has 1 rings (SSSR count). The first-order valence-electron chi connectivity index (χ1n) is 8.09. The lowest BCUT2D eigenvalue weighted by Gasteiger charge is -2.20. The first-order valence-corrected chi connectivity index (χ1v) is 8.09. The van der Waals surface area contributed by atoms with Crippen molar-refractivity contribution >= 4 is 5.97 Å². The third-order valence-corrected chi connectivity index (χ3v) is 4.09. The average Bonchev–Trinajstić information content (AvgIpc) is 2.39. The molecule has 2 unspecified atom stereocenters. The number of carbonyl (C=O) groups is 1. The van der Waals surface area contributed by atoms with E-state index in [1.165, 1.54) is 44.9 Å². The van der Waals surface area contributed by atoms with E-state index in [9.17, 15) is 4.79 Å². The van der Waals surface area contributed by atoms with Crippen LogP contribution >= 0.6 is 0 Å². The Bertz CT molecular complexity index is 270. The molecule has 0 saturated heterocycles. The Morgan fingerprint density at radius 1 is 1.16 bits per heavy atom. The van der Waals surface area contributed by atoms with Crippen molar-refractivity contribution in [2.45, 2.75) is 71.6 Å². The molecule has 0 radical (unpaired) electrons. The van der Waals surface area contributed by atoms with Gasteiger partial charge in [0, 0.05) is 0 Å². The standard InChI is InChI=1S/C17H30O2/c1-3-19-17(18)15(2)16-13-11-9-7-5-4-6-8-10-12-14-16/h11,13,15-16H,3-10,12,14H2,1-2H3/b13-11+. The van der Waals surface area contributed by atoms with Gasteiger partial charge in [-0.2, -0.15) is 0 Å². The van der Waals surface area contributed by atoms with Gasteiger partial charge in [-0.05, 0) is 32.1 Å². The molecular formula is C17H30O2. The number of hydrogen-bond acceptors (Lipinski definition) is 2. The maximum Gasteiger partial charge on any atom is 0.309 e. The zero-order chi connectivity index (χ0) is 13.9. The zero-order valence-corrected chi connectivity index (χ0v) is 12.7. The SMILES string of the molecule is CCOC(=O)C(C)C1/C=C/CCCCCCCCC1. The van der Waals surface area contributed by atoms with Crippen LogP contribution in [0.15, 0.2) is 12.2 Å². The van der Waals surface area contributed by atoms with E-state index in [0.717, 1.165) is 12.8 Å². The van der Waals surface area contributed by atoms with E-state index >= 15 is 0 Å². The van der Waals surface area contributed by atoms with E-state index in [2.05, 4.69) is 12.2 Å². The second-order valence-corrected chi connectivity index (χ2v) is 5.68. The summed E-state index contributed by atoms with van der Waals surface area (Å²) < 4.78 is 5.16. The molecule has 0 aliphatic heterocycles. The summed E-state index contributed by atoms with van der Waals surface area (Å²) >= 11 is 0. The van der Waals surface area contributed by atoms with E-state index in [0.29, 0.717) is 12.5 Å². The molecule has 2 nitrogen and oxygen atoms in total. The number of rotatable bonds is 3. The van der Waals surface area contributed by atoms with Crippen molar-refractivity contribution in [3.05, 3.63) is 12.2 Å². The molecule has 0 heterocycles. The van der Waals surface area contributed by atoms with Crippen LogP contribution < -0.4 is 0 Å². The van der Waals surface area contributed by atoms with Crippen LogP contribution in [0.1, 0.15) is 71.6 Å². The maximum absolute atomic E-state index is 11.9. The minimum atomic E-state index is -0.0377. The summed E-state index contributed by atoms with van der Waals surface area (Å²) in [6.45, 7) is 4.37. The van der Waals surface area contributed by atoms with Crippen LogP contribution in [0.4, 0.5) is 0 Å². The minimum Gasteiger partial charge on any atom is -0.466 e. The van der Waals surface area contributed by atoms with E-state index < -0.39 is 0 Å². The van der Waals surface area contributed by atoms with Crippen LogP contribution in [0.3, 0.4) is 0 Å². The molecule has 0 amide bonds. The summed E-state index contributed by atoms with van der Waals surface area (Å²) in [6, 6.07) is 0. The van der Waals surface area contributed by atoms with Gasteiger partial charge in [-0.1, -0.05) is 57.6 Å². The lowest BCUT2D eigenvalue weighted by atomic mass is 9.87. The van der Waals surface area contributed by atoms with Crippen molar-refractivity contribution in [2.75, 3.05) is 6.61 Å². The maximum atomic E-state index is 11.9. The molecule has 0 aromatic rings. The molecule has 0 aromatic heterocycles. The Morgan fingerprint density at radius 3 is 2.47 bits per heavy atom. The zero-order valence-electron chi connectivity index (χ0n) is 12.7. The number of esters is 1. The largest absolute Gasteiger partial charge is 0.466 e. The number of allylic oxidation sites excluding steroid dienone is 2. The third kappa shape index (κ3) is 6.79. The quantitative estimate of drug-likeness (QED) is 0.537. The Hall–Kier alpha value is -0.790. The first-order chi connectivity index (χ1) is 9.25. The van der Waals surface area contributed by atoms with E-state index in [-0.39, 0.29) is 11.9 Å². The van der Waals surface area contributed by atoms with Gasteiger partial charge in [0.15, 0.2) is 0 Å². The van der Waals surface area contributed by atoms with Crippen molar-refractivity contribution in [3.63, 3.8) is 0 Å². The Labute approximate surface area is 118 Å². The molecular weight excluding hydrogens is 236 g/mol. The average molecular weight is 266 g/mol. The van der Waals surface area contributed by atoms with Gasteiger partial charge in [0.1, 0.15) is 0 Å². The van der Waals surface area contributed by atoms with Crippen molar-refractivity contribution in [2.24, 2.45) is 11.8 Å². The van der Waals surface area contributed by atoms with Crippen molar-refractivity contribution < 1.29 is 9.53 Å². The molecule has 0 fully saturated rings. The normalized spacial score (nSPS) is 25.7. The molecule has 0 spiro atoms. The van der Waals surface area contributed by atoms with Crippen LogP contribution in [0, 0.1) is 11.8 Å². The third-order valence-electron chi connectivity index (χ3n) is 4.09. The predicted molar refractivity (Wildman–Crippen MR) is 80.0 cm³/mol. The van der Waals surface area contributed by atoms with Gasteiger partial charge in [-0.3, -0.25) is 4.79 Å². The van der Waals surface area contributed by atoms with E-state index in [4.69, 9.17) is 4.74 Å². The van der Waals surface area contributed by atoms with Gasteiger partial charge in [-0.25, -0.2) is 0 Å². The fraction of sp³-hybridized carbons (Fsp3) is 0.824. The number of ether oxygens (including phenoxy) is 1. The summed E-state index contributed by atoms with van der Waals surface area (Å²) in [6.07, 6.45) is 16.1. The molecule has 110 valence electrons. The monoisotopic (exact) mass is 266 g/mol. The van der Waals surface area contributed by atoms with Crippen LogP contribution in [0.25, 0.3) is 0 Å². The van der Waals surface area contributed by atoms with Gasteiger partial charge < -0.3 is 4.74 Å². The Kier molecular flexibility index (Phi) is 8.61. The van der Waals surface area contributed by atoms with Gasteiger partial charge in [-0.15, -0.1) is 0 Å². The first kappa shape index (κ1) is 16.3. The van der Waals surface area contributed by atoms with Gasteiger partial charge in [0.25, 0.3) is 0 Å². The minimum absolute atomic E-state index is 0.000796. The number of carbonyl (C=O) groups excluding carboxylic acids is 1. The fourth-order valence-corrected chi connectivity index (χ4v) is 2.76. The second-order valence-electron chi connectivity index (χ2n) is 5.68. The van der Waals surface area contributed by atoms with Crippen molar-refractivity contribution in [1.29, 1.82) is 0 Å². The van der Waals surface area contributed by atoms with Crippen LogP contribution in [0.2, 0.25) is 0 Å². The lowest BCUT2D eigenvalue weighted by molar-refractivity contribution is -0.148. The highest BCUT2D eigenvalue weighted by atomic mass is 16.5. The molecule has 0 saturated carbocycles. The number of hydrogen-bond donors (Lipinski definition) is 0. The van der Waals surface area contributed by atoms with Crippen molar-refractivity contribution in [3.8, 4) is 0 Å². The highest BCUT2D eigenvalue weighted by Gasteiger charge is 2.22. The molecule has 1 aliphatic carbocycles. The fourth-order valence-electron chi connectivity index (χ4n) is 2.76. The molecule has 2 atom stereocenters. The summed E-state index contributed by atoms with van der Waals surface area (Å²) in [5.74, 6) is 0.321. The summed E-state index contributed by atoms with van der Waals surface area (Å²) in [5, 5.41) is 0. The highest BCUT2D eigenvalue weighted by Crippen LogP contribution is 2.24. The molecule has 0 bridgehead atoms. The molecule has 1 aliphatic rings. The van der Waals surface area contributed by atoms with Gasteiger partial charge >= 0.3 is 5.97 Å². The molecule has 0 aromatic carbocycles. The summed E-state index contributed by atoms with van der Waals surface area (Å²) in [5.41, 5.74) is 0.